The Hall–Kier alpha value is -2.54. The molecule has 0 unspecified atom stereocenters. The van der Waals surface area contributed by atoms with Gasteiger partial charge in [-0.15, -0.1) is 4.99 Å². The van der Waals surface area contributed by atoms with Gasteiger partial charge < -0.3 is 10.2 Å². The molecule has 6 rings (SSSR count). The summed E-state index contributed by atoms with van der Waals surface area (Å²) in [6.45, 7) is 46.2. The number of nitrogens with one attached hydrogen (secondary N) is 1. The Balaban J connectivity index is 0. The Morgan fingerprint density at radius 2 is 0.545 bits per heavy atom. The van der Waals surface area contributed by atoms with E-state index in [1.165, 1.54) is 89.9 Å². The summed E-state index contributed by atoms with van der Waals surface area (Å²) in [4.78, 5) is 70.6. The van der Waals surface area contributed by atoms with Gasteiger partial charge in [-0.05, 0) is 178 Å². The molecule has 6 fully saturated rings. The number of hydrogen-bond donors (Lipinski definition) is 4. The molecule has 0 heterocycles. The number of rotatable bonds is 7. The lowest BCUT2D eigenvalue weighted by Crippen LogP contribution is -2.39. The molecule has 0 saturated heterocycles. The molecule has 0 aromatic rings. The van der Waals surface area contributed by atoms with Crippen LogP contribution in [0.25, 0.3) is 0 Å². The first-order valence-electron chi connectivity index (χ1n) is 29.8. The summed E-state index contributed by atoms with van der Waals surface area (Å²) in [7, 11) is 0. The highest BCUT2D eigenvalue weighted by molar-refractivity contribution is 5.81. The summed E-state index contributed by atoms with van der Waals surface area (Å²) in [6.07, 6.45) is 21.6. The fourth-order valence-electron chi connectivity index (χ4n) is 16.8. The highest BCUT2D eigenvalue weighted by atomic mass is 17.2. The number of carbonyl (C=O) groups is 6. The maximum Gasteiger partial charge on any atom is 0.519 e. The first kappa shape index (κ1) is 76.5. The topological polar surface area (TPSA) is 207 Å². The average molecular weight is 1100 g/mol. The average Bonchev–Trinajstić information content (AvgIpc) is 3.22. The zero-order valence-electron chi connectivity index (χ0n) is 52.9. The molecule has 12 atom stereocenters. The van der Waals surface area contributed by atoms with Gasteiger partial charge in [-0.1, -0.05) is 171 Å². The van der Waals surface area contributed by atoms with E-state index >= 15 is 0 Å². The van der Waals surface area contributed by atoms with E-state index in [1.807, 2.05) is 0 Å². The molecule has 6 aliphatic rings. The molecule has 0 aromatic carbocycles. The van der Waals surface area contributed by atoms with Crippen molar-refractivity contribution in [1.29, 1.82) is 0 Å². The zero-order valence-corrected chi connectivity index (χ0v) is 52.9. The summed E-state index contributed by atoms with van der Waals surface area (Å²) in [5.41, 5.74) is 1.99. The predicted octanol–water partition coefficient (Wildman–Crippen LogP) is 16.4. The van der Waals surface area contributed by atoms with E-state index in [0.29, 0.717) is 82.3 Å². The van der Waals surface area contributed by atoms with Gasteiger partial charge in [0.2, 0.25) is 0 Å². The first-order valence-corrected chi connectivity index (χ1v) is 29.8. The minimum Gasteiger partial charge on any atom is -0.565 e. The molecular formula is C65H124NO11+. The number of carbonyl (C=O) groups excluding carboxylic acids is 5. The molecule has 77 heavy (non-hydrogen) atoms. The van der Waals surface area contributed by atoms with Crippen molar-refractivity contribution in [2.24, 2.45) is 104 Å². The maximum absolute atomic E-state index is 11.4. The van der Waals surface area contributed by atoms with Crippen LogP contribution in [0.4, 0.5) is 0 Å². The number of ketones is 4. The molecule has 6 aliphatic carbocycles. The van der Waals surface area contributed by atoms with Gasteiger partial charge in [-0.25, -0.2) is 5.26 Å². The predicted molar refractivity (Wildman–Crippen MR) is 316 cm³/mol. The van der Waals surface area contributed by atoms with Gasteiger partial charge in [0.15, 0.2) is 0 Å². The number of carboxylic acids is 1. The SMILES string of the molecule is C.CC(=O)[C@@H]1[C@@H](C)CCCC1(C)C.CC(=O)[C@@H]1[C@@H](C)CCCC1(C)C.CC(=O)[C@H]1[C@@H](C)CCCC1(C)C.CC(=O)[C@H]1[C@@H](C)CCCC1(C)C.C[C@H]1CCCC(C)(C)[C@@H]1C(=O)[OH2+].C[C@H]1CCCC(C)(C)[C@H]1C(=O)O.ONOO. The van der Waals surface area contributed by atoms with Crippen molar-refractivity contribution in [3.8, 4) is 0 Å². The summed E-state index contributed by atoms with van der Waals surface area (Å²) >= 11 is 0. The van der Waals surface area contributed by atoms with E-state index in [0.717, 1.165) is 31.3 Å². The van der Waals surface area contributed by atoms with Crippen molar-refractivity contribution in [2.75, 3.05) is 0 Å². The third-order valence-electron chi connectivity index (χ3n) is 19.7. The van der Waals surface area contributed by atoms with Gasteiger partial charge in [-0.3, -0.25) is 29.2 Å². The number of aliphatic carboxylic acids is 1. The largest absolute Gasteiger partial charge is 0.565 e. The third kappa shape index (κ3) is 24.2. The van der Waals surface area contributed by atoms with Gasteiger partial charge in [0.25, 0.3) is 0 Å². The molecule has 6 saturated carbocycles. The van der Waals surface area contributed by atoms with E-state index in [9.17, 15) is 28.8 Å². The highest BCUT2D eigenvalue weighted by Crippen LogP contribution is 2.48. The van der Waals surface area contributed by atoms with Gasteiger partial charge in [0.05, 0.1) is 5.92 Å². The summed E-state index contributed by atoms with van der Waals surface area (Å²) in [5, 5.41) is 30.4. The monoisotopic (exact) mass is 1090 g/mol. The summed E-state index contributed by atoms with van der Waals surface area (Å²) < 4.78 is 0. The fraction of sp³-hybridized carbons (Fsp3) is 0.908. The third-order valence-corrected chi connectivity index (χ3v) is 19.7. The summed E-state index contributed by atoms with van der Waals surface area (Å²) in [6, 6.07) is 0. The lowest BCUT2D eigenvalue weighted by atomic mass is 9.63. The number of carboxylic acid groups (broad SMARTS) is 1. The first-order chi connectivity index (χ1) is 34.6. The standard InChI is InChI=1S/4C11H20O.2C10H18O2.CH4.H3NO3/c4*1-8-6-5-7-11(3,4)10(8)9(2)12;2*1-7-5-4-6-10(2,3)8(7)9(11)12;;2-1-4-3/h4*8,10H,5-7H2,1-4H3;2*7-8H,4-6H2,1-3H3,(H,11,12);1H4;1-3H/p+1/t2*8-,10+;2*8-,10-;7-,8+;7-,8-;;/m000000../s1. The lowest BCUT2D eigenvalue weighted by Gasteiger charge is -2.41. The molecule has 12 nitrogen and oxygen atoms in total. The van der Waals surface area contributed by atoms with E-state index < -0.39 is 5.97 Å². The molecule has 0 radical (unpaired) electrons. The van der Waals surface area contributed by atoms with Crippen LogP contribution in [-0.2, 0) is 33.8 Å². The van der Waals surface area contributed by atoms with Crippen molar-refractivity contribution < 1.29 is 54.4 Å². The van der Waals surface area contributed by atoms with Crippen LogP contribution in [0.1, 0.15) is 275 Å². The van der Waals surface area contributed by atoms with Crippen molar-refractivity contribution in [3.05, 3.63) is 0 Å². The minimum absolute atomic E-state index is 0. The second kappa shape index (κ2) is 33.4. The Morgan fingerprint density at radius 3 is 0.623 bits per heavy atom. The van der Waals surface area contributed by atoms with E-state index in [4.69, 9.17) is 20.7 Å². The van der Waals surface area contributed by atoms with Crippen LogP contribution in [0, 0.1) is 104 Å². The van der Waals surface area contributed by atoms with Crippen molar-refractivity contribution in [3.63, 3.8) is 0 Å². The smallest absolute Gasteiger partial charge is 0.519 e. The van der Waals surface area contributed by atoms with Gasteiger partial charge in [0.1, 0.15) is 29.1 Å². The Labute approximate surface area is 472 Å². The maximum atomic E-state index is 11.4. The van der Waals surface area contributed by atoms with Crippen LogP contribution < -0.4 is 5.64 Å². The van der Waals surface area contributed by atoms with Crippen molar-refractivity contribution >= 4 is 35.1 Å². The van der Waals surface area contributed by atoms with Gasteiger partial charge in [-0.2, -0.15) is 0 Å². The van der Waals surface area contributed by atoms with E-state index in [-0.39, 0.29) is 57.7 Å². The Kier molecular flexibility index (Phi) is 33.2. The van der Waals surface area contributed by atoms with Crippen LogP contribution >= 0.6 is 0 Å². The van der Waals surface area contributed by atoms with Crippen LogP contribution in [0.5, 0.6) is 0 Å². The number of hydrogen-bond acceptors (Lipinski definition) is 10. The lowest BCUT2D eigenvalue weighted by molar-refractivity contribution is -0.356. The molecule has 0 aromatic heterocycles. The van der Waals surface area contributed by atoms with Crippen molar-refractivity contribution in [2.45, 2.75) is 275 Å². The van der Waals surface area contributed by atoms with Crippen LogP contribution in [0.3, 0.4) is 0 Å². The molecule has 0 aliphatic heterocycles. The Bertz CT molecular complexity index is 1470. The molecule has 0 spiro atoms. The quantitative estimate of drug-likeness (QED) is 0.107. The molecule has 6 N–H and O–H groups in total. The van der Waals surface area contributed by atoms with Crippen molar-refractivity contribution in [1.82, 2.24) is 5.64 Å². The van der Waals surface area contributed by atoms with Crippen LogP contribution in [0.2, 0.25) is 0 Å². The Morgan fingerprint density at radius 1 is 0.390 bits per heavy atom. The minimum atomic E-state index is -0.618. The molecular weight excluding hydrogens is 971 g/mol. The second-order valence-corrected chi connectivity index (χ2v) is 29.3. The fourth-order valence-corrected chi connectivity index (χ4v) is 16.8. The molecule has 0 amide bonds. The van der Waals surface area contributed by atoms with E-state index in [1.54, 1.807) is 27.7 Å². The van der Waals surface area contributed by atoms with Gasteiger partial charge in [0, 0.05) is 28.5 Å². The molecule has 0 bridgehead atoms. The highest BCUT2D eigenvalue weighted by Gasteiger charge is 2.47. The van der Waals surface area contributed by atoms with Gasteiger partial charge >= 0.3 is 11.9 Å². The normalized spacial score (nSPS) is 32.8. The van der Waals surface area contributed by atoms with E-state index in [2.05, 4.69) is 130 Å². The van der Waals surface area contributed by atoms with Crippen LogP contribution in [-0.4, -0.2) is 55.7 Å². The summed E-state index contributed by atoms with van der Waals surface area (Å²) in [5.74, 6) is 4.64. The zero-order chi connectivity index (χ0) is 59.5. The molecule has 12 heteroatoms. The molecule has 454 valence electrons. The second-order valence-electron chi connectivity index (χ2n) is 29.3. The number of Topliss-reactive ketones (excluding diaryl/α,β-unsaturated/α-hetero) is 4. The van der Waals surface area contributed by atoms with Crippen LogP contribution in [0.15, 0.2) is 0 Å².